The van der Waals surface area contributed by atoms with E-state index in [1.54, 1.807) is 0 Å². The first kappa shape index (κ1) is 30.5. The van der Waals surface area contributed by atoms with Crippen LogP contribution in [0, 0.1) is 0 Å². The zero-order valence-electron chi connectivity index (χ0n) is 17.3. The Labute approximate surface area is 180 Å². The van der Waals surface area contributed by atoms with Gasteiger partial charge in [-0.1, -0.05) is 33.1 Å². The molecule has 0 aliphatic rings. The second kappa shape index (κ2) is 11.6. The summed E-state index contributed by atoms with van der Waals surface area (Å²) in [6.07, 6.45) is 7.46. The number of aromatic nitrogens is 2. The number of hydrogen-bond donors (Lipinski definition) is 0. The lowest BCUT2D eigenvalue weighted by atomic mass is 10.1. The number of rotatable bonds is 11. The van der Waals surface area contributed by atoms with Gasteiger partial charge in [0.05, 0.1) is 13.1 Å². The van der Waals surface area contributed by atoms with Crippen LogP contribution in [0.1, 0.15) is 52.4 Å². The lowest BCUT2D eigenvalue weighted by Crippen LogP contribution is -2.63. The number of unbranched alkanes of at least 4 members (excludes halogenated alkanes) is 4. The molecule has 0 aliphatic heterocycles. The molecule has 0 fully saturated rings. The van der Waals surface area contributed by atoms with Gasteiger partial charge < -0.3 is 4.55 Å². The molecular weight excluding hydrogens is 483 g/mol. The van der Waals surface area contributed by atoms with Crippen molar-refractivity contribution < 1.29 is 57.1 Å². The molecule has 0 saturated heterocycles. The normalized spacial score (nSPS) is 13.6. The standard InChI is InChI=1S/C13H25N2.C4HF9O3S/c1-3-5-6-7-8-10-15-12-11-14(13-15)9-4-2;5-1(6,3(9,10)11)2(7,8)4(12,13)17(14,15)16/h11-13H,3-10H2,1-2H3;(H,14,15,16)/q+1;/p-1. The Bertz CT molecular complexity index is 793. The van der Waals surface area contributed by atoms with E-state index in [-0.39, 0.29) is 0 Å². The van der Waals surface area contributed by atoms with Crippen LogP contribution < -0.4 is 4.57 Å². The Morgan fingerprint density at radius 1 is 0.844 bits per heavy atom. The topological polar surface area (TPSA) is 66.0 Å². The molecule has 5 nitrogen and oxygen atoms in total. The van der Waals surface area contributed by atoms with Crippen LogP contribution in [0.4, 0.5) is 39.5 Å². The number of nitrogens with zero attached hydrogens (tertiary/aromatic N) is 2. The fraction of sp³-hybridized carbons (Fsp3) is 0.824. The van der Waals surface area contributed by atoms with Crippen molar-refractivity contribution in [3.63, 3.8) is 0 Å². The van der Waals surface area contributed by atoms with Crippen LogP contribution in [0.2, 0.25) is 0 Å². The minimum absolute atomic E-state index is 1.14. The molecule has 0 N–H and O–H groups in total. The monoisotopic (exact) mass is 508 g/mol. The Hall–Kier alpha value is -1.51. The second-order valence-corrected chi connectivity index (χ2v) is 8.34. The highest BCUT2D eigenvalue weighted by Gasteiger charge is 2.83. The molecular formula is C17H25F9N2O3S. The van der Waals surface area contributed by atoms with Gasteiger partial charge in [-0.05, 0) is 19.3 Å². The zero-order chi connectivity index (χ0) is 25.4. The van der Waals surface area contributed by atoms with Crippen LogP contribution in [0.15, 0.2) is 18.7 Å². The molecule has 0 unspecified atom stereocenters. The first-order valence-corrected chi connectivity index (χ1v) is 11.0. The van der Waals surface area contributed by atoms with Gasteiger partial charge >= 0.3 is 23.3 Å². The summed E-state index contributed by atoms with van der Waals surface area (Å²) in [6.45, 7) is 6.80. The lowest BCUT2D eigenvalue weighted by molar-refractivity contribution is -0.696. The molecule has 0 spiro atoms. The van der Waals surface area contributed by atoms with E-state index in [1.165, 1.54) is 45.1 Å². The number of aryl methyl sites for hydroxylation is 2. The molecule has 0 amide bonds. The largest absolute Gasteiger partial charge is 0.743 e. The van der Waals surface area contributed by atoms with E-state index in [9.17, 15) is 52.5 Å². The first-order valence-electron chi connectivity index (χ1n) is 9.57. The third kappa shape index (κ3) is 7.52. The van der Waals surface area contributed by atoms with E-state index < -0.39 is 33.4 Å². The molecule has 0 radical (unpaired) electrons. The van der Waals surface area contributed by atoms with Crippen LogP contribution in [-0.4, -0.2) is 40.8 Å². The summed E-state index contributed by atoms with van der Waals surface area (Å²) < 4.78 is 140. The molecule has 1 aromatic heterocycles. The van der Waals surface area contributed by atoms with Gasteiger partial charge in [-0.3, -0.25) is 0 Å². The van der Waals surface area contributed by atoms with Crippen LogP contribution in [-0.2, 0) is 23.2 Å². The van der Waals surface area contributed by atoms with Crippen LogP contribution >= 0.6 is 0 Å². The van der Waals surface area contributed by atoms with Gasteiger partial charge in [-0.25, -0.2) is 17.6 Å². The SMILES string of the molecule is CCCCCCCn1cc[n+](CCC)c1.O=S(=O)([O-])C(F)(F)C(F)(F)C(F)(F)C(F)(F)F. The van der Waals surface area contributed by atoms with E-state index in [1.807, 2.05) is 0 Å². The number of halogens is 9. The highest BCUT2D eigenvalue weighted by atomic mass is 32.2. The smallest absolute Gasteiger partial charge is 0.460 e. The van der Waals surface area contributed by atoms with Crippen LogP contribution in [0.25, 0.3) is 0 Å². The summed E-state index contributed by atoms with van der Waals surface area (Å²) >= 11 is 0. The highest BCUT2D eigenvalue weighted by molar-refractivity contribution is 7.86. The number of imidazole rings is 1. The van der Waals surface area contributed by atoms with E-state index in [0.717, 1.165) is 6.54 Å². The van der Waals surface area contributed by atoms with Gasteiger partial charge in [-0.2, -0.15) is 39.5 Å². The average molecular weight is 508 g/mol. The number of hydrogen-bond acceptors (Lipinski definition) is 3. The maximum absolute atomic E-state index is 12.2. The van der Waals surface area contributed by atoms with Gasteiger partial charge in [0.25, 0.3) is 0 Å². The van der Waals surface area contributed by atoms with Gasteiger partial charge in [0.15, 0.2) is 10.1 Å². The third-order valence-electron chi connectivity index (χ3n) is 4.18. The van der Waals surface area contributed by atoms with Crippen molar-refractivity contribution in [2.45, 2.75) is 88.7 Å². The van der Waals surface area contributed by atoms with Gasteiger partial charge in [0.1, 0.15) is 12.4 Å². The van der Waals surface area contributed by atoms with Crippen molar-refractivity contribution in [2.75, 3.05) is 0 Å². The lowest BCUT2D eigenvalue weighted by Gasteiger charge is -2.34. The van der Waals surface area contributed by atoms with Gasteiger partial charge in [0, 0.05) is 0 Å². The highest BCUT2D eigenvalue weighted by Crippen LogP contribution is 2.54. The molecule has 0 bridgehead atoms. The van der Waals surface area contributed by atoms with E-state index in [4.69, 9.17) is 0 Å². The average Bonchev–Trinajstić information content (AvgIpc) is 3.07. The second-order valence-electron chi connectivity index (χ2n) is 6.92. The first-order chi connectivity index (χ1) is 14.4. The molecule has 0 aromatic carbocycles. The summed E-state index contributed by atoms with van der Waals surface area (Å²) in [5.41, 5.74) is 0. The predicted molar refractivity (Wildman–Crippen MR) is 94.3 cm³/mol. The van der Waals surface area contributed by atoms with Crippen molar-refractivity contribution in [2.24, 2.45) is 0 Å². The predicted octanol–water partition coefficient (Wildman–Crippen LogP) is 5.11. The fourth-order valence-corrected chi connectivity index (χ4v) is 2.82. The zero-order valence-corrected chi connectivity index (χ0v) is 18.1. The van der Waals surface area contributed by atoms with Gasteiger partial charge in [-0.15, -0.1) is 0 Å². The maximum atomic E-state index is 12.2. The molecule has 0 atom stereocenters. The molecule has 0 saturated carbocycles. The quantitative estimate of drug-likeness (QED) is 0.181. The molecule has 32 heavy (non-hydrogen) atoms. The fourth-order valence-electron chi connectivity index (χ4n) is 2.38. The maximum Gasteiger partial charge on any atom is 0.460 e. The Morgan fingerprint density at radius 2 is 1.38 bits per heavy atom. The number of alkyl halides is 9. The van der Waals surface area contributed by atoms with E-state index in [0.29, 0.717) is 0 Å². The Balaban J connectivity index is 0.000000604. The van der Waals surface area contributed by atoms with Crippen molar-refractivity contribution in [3.05, 3.63) is 18.7 Å². The van der Waals surface area contributed by atoms with Crippen molar-refractivity contribution >= 4 is 10.1 Å². The molecule has 190 valence electrons. The summed E-state index contributed by atoms with van der Waals surface area (Å²) in [4.78, 5) is 0. The molecule has 1 heterocycles. The molecule has 1 rings (SSSR count). The van der Waals surface area contributed by atoms with Crippen molar-refractivity contribution in [3.8, 4) is 0 Å². The third-order valence-corrected chi connectivity index (χ3v) is 5.06. The Morgan fingerprint density at radius 3 is 1.81 bits per heavy atom. The molecule has 15 heteroatoms. The summed E-state index contributed by atoms with van der Waals surface area (Å²) in [5, 5.41) is -7.11. The van der Waals surface area contributed by atoms with Crippen molar-refractivity contribution in [1.29, 1.82) is 0 Å². The summed E-state index contributed by atoms with van der Waals surface area (Å²) in [6, 6.07) is 0. The minimum atomic E-state index is -7.43. The minimum Gasteiger partial charge on any atom is -0.743 e. The molecule has 0 aliphatic carbocycles. The summed E-state index contributed by atoms with van der Waals surface area (Å²) in [7, 11) is -7.42. The summed E-state index contributed by atoms with van der Waals surface area (Å²) in [5.74, 6) is -14.8. The van der Waals surface area contributed by atoms with Crippen LogP contribution in [0.5, 0.6) is 0 Å². The molecule has 1 aromatic rings. The Kier molecular flexibility index (Phi) is 11.0. The van der Waals surface area contributed by atoms with Gasteiger partial charge in [0.2, 0.25) is 6.33 Å². The van der Waals surface area contributed by atoms with E-state index >= 15 is 0 Å². The van der Waals surface area contributed by atoms with E-state index in [2.05, 4.69) is 41.7 Å². The van der Waals surface area contributed by atoms with Crippen LogP contribution in [0.3, 0.4) is 0 Å². The van der Waals surface area contributed by atoms with Crippen molar-refractivity contribution in [1.82, 2.24) is 4.57 Å².